The molecule has 5 heteroatoms. The Bertz CT molecular complexity index is 578. The van der Waals surface area contributed by atoms with E-state index in [0.29, 0.717) is 0 Å². The molecule has 0 spiro atoms. The third kappa shape index (κ3) is 2.82. The zero-order chi connectivity index (χ0) is 14.0. The molecule has 1 aromatic heterocycles. The van der Waals surface area contributed by atoms with E-state index >= 15 is 0 Å². The van der Waals surface area contributed by atoms with Crippen molar-refractivity contribution in [3.05, 3.63) is 40.9 Å². The Kier molecular flexibility index (Phi) is 3.96. The van der Waals surface area contributed by atoms with Gasteiger partial charge in [0.25, 0.3) is 0 Å². The Morgan fingerprint density at radius 1 is 1.32 bits per heavy atom. The average Bonchev–Trinajstić information content (AvgIpc) is 2.88. The maximum absolute atomic E-state index is 5.31. The van der Waals surface area contributed by atoms with E-state index in [1.165, 1.54) is 0 Å². The first kappa shape index (κ1) is 14.1. The molecule has 0 unspecified atom stereocenters. The predicted octanol–water partition coefficient (Wildman–Crippen LogP) is 3.10. The number of aromatic nitrogens is 2. The SMILES string of the molecule is CNC(C)(C)c1cncn1-c1cc(Br)cc(OC)c1. The molecule has 2 rings (SSSR count). The topological polar surface area (TPSA) is 39.1 Å². The Morgan fingerprint density at radius 3 is 2.68 bits per heavy atom. The number of ether oxygens (including phenoxy) is 1. The number of benzene rings is 1. The van der Waals surface area contributed by atoms with Gasteiger partial charge in [0.05, 0.1) is 36.6 Å². The molecule has 19 heavy (non-hydrogen) atoms. The number of methoxy groups -OCH3 is 1. The van der Waals surface area contributed by atoms with Crippen molar-refractivity contribution < 1.29 is 4.74 Å². The largest absolute Gasteiger partial charge is 0.497 e. The normalized spacial score (nSPS) is 11.6. The van der Waals surface area contributed by atoms with Gasteiger partial charge in [-0.3, -0.25) is 0 Å². The van der Waals surface area contributed by atoms with Crippen molar-refractivity contribution in [2.75, 3.05) is 14.2 Å². The van der Waals surface area contributed by atoms with Gasteiger partial charge in [-0.2, -0.15) is 0 Å². The van der Waals surface area contributed by atoms with Crippen LogP contribution >= 0.6 is 15.9 Å². The average molecular weight is 324 g/mol. The highest BCUT2D eigenvalue weighted by Gasteiger charge is 2.23. The summed E-state index contributed by atoms with van der Waals surface area (Å²) in [5, 5.41) is 3.29. The smallest absolute Gasteiger partial charge is 0.122 e. The minimum Gasteiger partial charge on any atom is -0.497 e. The van der Waals surface area contributed by atoms with Gasteiger partial charge in [0.1, 0.15) is 5.75 Å². The van der Waals surface area contributed by atoms with Crippen molar-refractivity contribution in [3.63, 3.8) is 0 Å². The maximum atomic E-state index is 5.31. The molecule has 0 saturated carbocycles. The summed E-state index contributed by atoms with van der Waals surface area (Å²) in [6.45, 7) is 4.24. The molecule has 0 aliphatic heterocycles. The first-order chi connectivity index (χ1) is 8.97. The summed E-state index contributed by atoms with van der Waals surface area (Å²) < 4.78 is 8.34. The fraction of sp³-hybridized carbons (Fsp3) is 0.357. The van der Waals surface area contributed by atoms with Crippen LogP contribution in [-0.4, -0.2) is 23.7 Å². The Labute approximate surface area is 121 Å². The Hall–Kier alpha value is -1.33. The summed E-state index contributed by atoms with van der Waals surface area (Å²) in [6, 6.07) is 5.96. The van der Waals surface area contributed by atoms with E-state index in [-0.39, 0.29) is 5.54 Å². The third-order valence-corrected chi connectivity index (χ3v) is 3.73. The lowest BCUT2D eigenvalue weighted by molar-refractivity contribution is 0.412. The van der Waals surface area contributed by atoms with E-state index < -0.39 is 0 Å². The molecule has 0 aliphatic carbocycles. The molecule has 1 aromatic carbocycles. The van der Waals surface area contributed by atoms with Crippen LogP contribution in [0.1, 0.15) is 19.5 Å². The van der Waals surface area contributed by atoms with Gasteiger partial charge in [0.2, 0.25) is 0 Å². The minimum absolute atomic E-state index is 0.161. The first-order valence-corrected chi connectivity index (χ1v) is 6.84. The molecule has 4 nitrogen and oxygen atoms in total. The van der Waals surface area contributed by atoms with Crippen LogP contribution in [0.25, 0.3) is 5.69 Å². The zero-order valence-electron chi connectivity index (χ0n) is 11.6. The molecule has 0 fully saturated rings. The van der Waals surface area contributed by atoms with Gasteiger partial charge in [-0.05, 0) is 33.0 Å². The standard InChI is InChI=1S/C14H18BrN3O/c1-14(2,16-3)13-8-17-9-18(13)11-5-10(15)6-12(7-11)19-4/h5-9,16H,1-4H3. The molecule has 0 amide bonds. The predicted molar refractivity (Wildman–Crippen MR) is 79.9 cm³/mol. The molecule has 0 atom stereocenters. The second-order valence-corrected chi connectivity index (χ2v) is 5.79. The number of nitrogens with zero attached hydrogens (tertiary/aromatic N) is 2. The molecular formula is C14H18BrN3O. The summed E-state index contributed by atoms with van der Waals surface area (Å²) >= 11 is 3.50. The van der Waals surface area contributed by atoms with Crippen molar-refractivity contribution in [2.24, 2.45) is 0 Å². The fourth-order valence-electron chi connectivity index (χ4n) is 1.90. The summed E-state index contributed by atoms with van der Waals surface area (Å²) in [4.78, 5) is 4.26. The second kappa shape index (κ2) is 5.35. The molecule has 1 heterocycles. The number of hydrogen-bond acceptors (Lipinski definition) is 3. The number of rotatable bonds is 4. The highest BCUT2D eigenvalue weighted by Crippen LogP contribution is 2.27. The van der Waals surface area contributed by atoms with E-state index in [1.807, 2.05) is 37.8 Å². The van der Waals surface area contributed by atoms with Crippen molar-refractivity contribution in [2.45, 2.75) is 19.4 Å². The lowest BCUT2D eigenvalue weighted by Gasteiger charge is -2.25. The Balaban J connectivity index is 2.54. The van der Waals surface area contributed by atoms with Gasteiger partial charge in [0.15, 0.2) is 0 Å². The Morgan fingerprint density at radius 2 is 2.05 bits per heavy atom. The lowest BCUT2D eigenvalue weighted by atomic mass is 10.0. The third-order valence-electron chi connectivity index (χ3n) is 3.27. The van der Waals surface area contributed by atoms with E-state index in [4.69, 9.17) is 4.74 Å². The van der Waals surface area contributed by atoms with Crippen LogP contribution in [0.3, 0.4) is 0 Å². The van der Waals surface area contributed by atoms with Gasteiger partial charge in [-0.25, -0.2) is 4.98 Å². The number of halogens is 1. The summed E-state index contributed by atoms with van der Waals surface area (Å²) in [6.07, 6.45) is 3.69. The number of imidazole rings is 1. The summed E-state index contributed by atoms with van der Waals surface area (Å²) in [7, 11) is 3.61. The van der Waals surface area contributed by atoms with Crippen LogP contribution in [0.15, 0.2) is 35.2 Å². The van der Waals surface area contributed by atoms with Crippen LogP contribution in [0.4, 0.5) is 0 Å². The van der Waals surface area contributed by atoms with Crippen LogP contribution in [0.5, 0.6) is 5.75 Å². The highest BCUT2D eigenvalue weighted by molar-refractivity contribution is 9.10. The van der Waals surface area contributed by atoms with Crippen LogP contribution < -0.4 is 10.1 Å². The molecule has 0 bridgehead atoms. The molecular weight excluding hydrogens is 306 g/mol. The summed E-state index contributed by atoms with van der Waals surface area (Å²) in [5.41, 5.74) is 1.95. The van der Waals surface area contributed by atoms with E-state index in [9.17, 15) is 0 Å². The van der Waals surface area contributed by atoms with Crippen LogP contribution in [0.2, 0.25) is 0 Å². The van der Waals surface area contributed by atoms with Crippen LogP contribution in [-0.2, 0) is 5.54 Å². The van der Waals surface area contributed by atoms with Gasteiger partial charge in [0, 0.05) is 10.5 Å². The fourth-order valence-corrected chi connectivity index (χ4v) is 2.36. The highest BCUT2D eigenvalue weighted by atomic mass is 79.9. The number of nitrogens with one attached hydrogen (secondary N) is 1. The van der Waals surface area contributed by atoms with Crippen molar-refractivity contribution in [1.29, 1.82) is 0 Å². The van der Waals surface area contributed by atoms with Crippen LogP contribution in [0, 0.1) is 0 Å². The quantitative estimate of drug-likeness (QED) is 0.939. The molecule has 2 aromatic rings. The van der Waals surface area contributed by atoms with Crippen molar-refractivity contribution in [3.8, 4) is 11.4 Å². The van der Waals surface area contributed by atoms with Gasteiger partial charge in [-0.15, -0.1) is 0 Å². The molecule has 102 valence electrons. The van der Waals surface area contributed by atoms with E-state index in [0.717, 1.165) is 21.6 Å². The molecule has 0 aliphatic rings. The first-order valence-electron chi connectivity index (χ1n) is 6.04. The van der Waals surface area contributed by atoms with Gasteiger partial charge in [-0.1, -0.05) is 15.9 Å². The van der Waals surface area contributed by atoms with E-state index in [2.05, 4.69) is 44.6 Å². The number of hydrogen-bond donors (Lipinski definition) is 1. The van der Waals surface area contributed by atoms with Crippen molar-refractivity contribution >= 4 is 15.9 Å². The van der Waals surface area contributed by atoms with Crippen molar-refractivity contribution in [1.82, 2.24) is 14.9 Å². The minimum atomic E-state index is -0.161. The second-order valence-electron chi connectivity index (χ2n) is 4.87. The zero-order valence-corrected chi connectivity index (χ0v) is 13.2. The lowest BCUT2D eigenvalue weighted by Crippen LogP contribution is -2.35. The monoisotopic (exact) mass is 323 g/mol. The molecule has 0 radical (unpaired) electrons. The van der Waals surface area contributed by atoms with E-state index in [1.54, 1.807) is 7.11 Å². The summed E-state index contributed by atoms with van der Waals surface area (Å²) in [5.74, 6) is 0.811. The molecule has 0 saturated heterocycles. The molecule has 1 N–H and O–H groups in total. The van der Waals surface area contributed by atoms with Gasteiger partial charge < -0.3 is 14.6 Å². The van der Waals surface area contributed by atoms with Gasteiger partial charge >= 0.3 is 0 Å². The maximum Gasteiger partial charge on any atom is 0.122 e.